The number of rotatable bonds is 4. The van der Waals surface area contributed by atoms with Crippen molar-refractivity contribution in [3.05, 3.63) is 0 Å². The summed E-state index contributed by atoms with van der Waals surface area (Å²) in [5.41, 5.74) is 0. The topological polar surface area (TPSA) is 15.3 Å². The van der Waals surface area contributed by atoms with Crippen molar-refractivity contribution >= 4 is 11.8 Å². The second kappa shape index (κ2) is 5.79. The van der Waals surface area contributed by atoms with E-state index in [0.29, 0.717) is 17.3 Å². The van der Waals surface area contributed by atoms with E-state index in [1.807, 2.05) is 0 Å². The summed E-state index contributed by atoms with van der Waals surface area (Å²) in [6, 6.07) is 0.582. The molecule has 0 radical (unpaired) electrons. The Morgan fingerprint density at radius 1 is 1.60 bits per heavy atom. The molecule has 1 atom stereocenters. The molecule has 1 aliphatic rings. The van der Waals surface area contributed by atoms with Crippen molar-refractivity contribution in [3.8, 4) is 12.3 Å². The van der Waals surface area contributed by atoms with Crippen molar-refractivity contribution < 1.29 is 0 Å². The highest BCUT2D eigenvalue weighted by Crippen LogP contribution is 2.30. The lowest BCUT2D eigenvalue weighted by molar-refractivity contribution is 0.196. The Kier molecular flexibility index (Phi) is 4.98. The number of hydrogen-bond acceptors (Lipinski definition) is 3. The van der Waals surface area contributed by atoms with Gasteiger partial charge in [-0.15, -0.1) is 6.42 Å². The van der Waals surface area contributed by atoms with Crippen molar-refractivity contribution in [1.82, 2.24) is 10.2 Å². The Morgan fingerprint density at radius 2 is 2.33 bits per heavy atom. The Bertz CT molecular complexity index is 232. The Morgan fingerprint density at radius 3 is 2.93 bits per heavy atom. The van der Waals surface area contributed by atoms with Gasteiger partial charge in [0.1, 0.15) is 0 Å². The monoisotopic (exact) mass is 226 g/mol. The highest BCUT2D eigenvalue weighted by molar-refractivity contribution is 8.00. The summed E-state index contributed by atoms with van der Waals surface area (Å²) in [6.07, 6.45) is 5.21. The van der Waals surface area contributed by atoms with E-state index < -0.39 is 0 Å². The first-order valence-corrected chi connectivity index (χ1v) is 6.56. The van der Waals surface area contributed by atoms with Gasteiger partial charge in [0.25, 0.3) is 0 Å². The largest absolute Gasteiger partial charge is 0.305 e. The van der Waals surface area contributed by atoms with E-state index in [2.05, 4.69) is 48.7 Å². The summed E-state index contributed by atoms with van der Waals surface area (Å²) in [7, 11) is 0. The standard InChI is InChI=1S/C12H22N2S/c1-5-6-13-9-11(2)14-7-8-15-12(3,4)10-14/h1,11,13H,6-10H2,2-4H3. The lowest BCUT2D eigenvalue weighted by atomic mass is 10.1. The second-order valence-electron chi connectivity index (χ2n) is 4.76. The van der Waals surface area contributed by atoms with E-state index in [9.17, 15) is 0 Å². The zero-order chi connectivity index (χ0) is 11.3. The van der Waals surface area contributed by atoms with Crippen LogP contribution >= 0.6 is 11.8 Å². The van der Waals surface area contributed by atoms with Crippen LogP contribution in [0.25, 0.3) is 0 Å². The molecule has 15 heavy (non-hydrogen) atoms. The van der Waals surface area contributed by atoms with Gasteiger partial charge in [0.15, 0.2) is 0 Å². The Hall–Kier alpha value is -0.170. The van der Waals surface area contributed by atoms with Gasteiger partial charge in [0.05, 0.1) is 6.54 Å². The smallest absolute Gasteiger partial charge is 0.0574 e. The quantitative estimate of drug-likeness (QED) is 0.576. The van der Waals surface area contributed by atoms with Crippen molar-refractivity contribution in [2.45, 2.75) is 31.6 Å². The van der Waals surface area contributed by atoms with Crippen LogP contribution in [0, 0.1) is 12.3 Å². The van der Waals surface area contributed by atoms with Crippen molar-refractivity contribution in [2.24, 2.45) is 0 Å². The van der Waals surface area contributed by atoms with Crippen molar-refractivity contribution in [1.29, 1.82) is 0 Å². The molecule has 0 spiro atoms. The van der Waals surface area contributed by atoms with E-state index in [0.717, 1.165) is 6.54 Å². The van der Waals surface area contributed by atoms with Crippen LogP contribution in [-0.2, 0) is 0 Å². The minimum absolute atomic E-state index is 0.401. The second-order valence-corrected chi connectivity index (χ2v) is 6.56. The molecule has 0 bridgehead atoms. The molecule has 1 heterocycles. The molecule has 2 nitrogen and oxygen atoms in total. The SMILES string of the molecule is C#CCNCC(C)N1CCSC(C)(C)C1. The van der Waals surface area contributed by atoms with Crippen LogP contribution in [0.1, 0.15) is 20.8 Å². The molecule has 0 saturated carbocycles. The van der Waals surface area contributed by atoms with E-state index in [-0.39, 0.29) is 0 Å². The molecule has 0 amide bonds. The molecular formula is C12H22N2S. The van der Waals surface area contributed by atoms with Crippen LogP contribution in [0.15, 0.2) is 0 Å². The summed E-state index contributed by atoms with van der Waals surface area (Å²) in [5, 5.41) is 3.27. The number of terminal acetylenes is 1. The molecule has 1 unspecified atom stereocenters. The van der Waals surface area contributed by atoms with Gasteiger partial charge >= 0.3 is 0 Å². The molecule has 0 aromatic carbocycles. The van der Waals surface area contributed by atoms with Crippen LogP contribution in [0.2, 0.25) is 0 Å². The van der Waals surface area contributed by atoms with Gasteiger partial charge in [-0.1, -0.05) is 5.92 Å². The molecule has 86 valence electrons. The van der Waals surface area contributed by atoms with Gasteiger partial charge in [-0.05, 0) is 20.8 Å². The first kappa shape index (κ1) is 12.9. The third kappa shape index (κ3) is 4.46. The first-order valence-electron chi connectivity index (χ1n) is 5.57. The summed E-state index contributed by atoms with van der Waals surface area (Å²) < 4.78 is 0.401. The Labute approximate surface area is 98.2 Å². The fourth-order valence-electron chi connectivity index (χ4n) is 1.91. The molecule has 3 heteroatoms. The van der Waals surface area contributed by atoms with Gasteiger partial charge in [-0.25, -0.2) is 0 Å². The lowest BCUT2D eigenvalue weighted by Gasteiger charge is -2.40. The summed E-state index contributed by atoms with van der Waals surface area (Å²) in [6.45, 7) is 11.0. The van der Waals surface area contributed by atoms with Gasteiger partial charge < -0.3 is 5.32 Å². The summed E-state index contributed by atoms with van der Waals surface area (Å²) in [4.78, 5) is 2.56. The minimum atomic E-state index is 0.401. The fourth-order valence-corrected chi connectivity index (χ4v) is 3.05. The number of hydrogen-bond donors (Lipinski definition) is 1. The van der Waals surface area contributed by atoms with Gasteiger partial charge in [-0.3, -0.25) is 4.90 Å². The maximum absolute atomic E-state index is 5.21. The first-order chi connectivity index (χ1) is 7.05. The maximum Gasteiger partial charge on any atom is 0.0574 e. The zero-order valence-corrected chi connectivity index (χ0v) is 10.9. The normalized spacial score (nSPS) is 23.3. The van der Waals surface area contributed by atoms with Crippen LogP contribution < -0.4 is 5.32 Å². The average Bonchev–Trinajstić information content (AvgIpc) is 2.16. The summed E-state index contributed by atoms with van der Waals surface area (Å²) >= 11 is 2.08. The molecule has 0 aromatic rings. The van der Waals surface area contributed by atoms with Crippen molar-refractivity contribution in [3.63, 3.8) is 0 Å². The molecule has 1 rings (SSSR count). The fraction of sp³-hybridized carbons (Fsp3) is 0.833. The molecule has 0 aromatic heterocycles. The van der Waals surface area contributed by atoms with E-state index in [4.69, 9.17) is 6.42 Å². The highest BCUT2D eigenvalue weighted by atomic mass is 32.2. The molecule has 1 fully saturated rings. The van der Waals surface area contributed by atoms with Crippen LogP contribution in [0.5, 0.6) is 0 Å². The highest BCUT2D eigenvalue weighted by Gasteiger charge is 2.29. The maximum atomic E-state index is 5.21. The predicted octanol–water partition coefficient (Wildman–Crippen LogP) is 1.43. The summed E-state index contributed by atoms with van der Waals surface area (Å²) in [5.74, 6) is 3.85. The van der Waals surface area contributed by atoms with E-state index in [1.54, 1.807) is 0 Å². The third-order valence-electron chi connectivity index (χ3n) is 2.75. The van der Waals surface area contributed by atoms with E-state index >= 15 is 0 Å². The molecule has 1 N–H and O–H groups in total. The molecular weight excluding hydrogens is 204 g/mol. The molecule has 1 saturated heterocycles. The lowest BCUT2D eigenvalue weighted by Crippen LogP contribution is -2.50. The number of thioether (sulfide) groups is 1. The predicted molar refractivity (Wildman–Crippen MR) is 69.3 cm³/mol. The molecule has 1 aliphatic heterocycles. The van der Waals surface area contributed by atoms with Crippen molar-refractivity contribution in [2.75, 3.05) is 31.9 Å². The van der Waals surface area contributed by atoms with E-state index in [1.165, 1.54) is 18.8 Å². The average molecular weight is 226 g/mol. The van der Waals surface area contributed by atoms with Gasteiger partial charge in [0, 0.05) is 36.2 Å². The number of nitrogens with zero attached hydrogens (tertiary/aromatic N) is 1. The third-order valence-corrected chi connectivity index (χ3v) is 4.04. The van der Waals surface area contributed by atoms with Crippen LogP contribution in [0.3, 0.4) is 0 Å². The zero-order valence-electron chi connectivity index (χ0n) is 10.0. The van der Waals surface area contributed by atoms with Crippen LogP contribution in [-0.4, -0.2) is 47.6 Å². The van der Waals surface area contributed by atoms with Gasteiger partial charge in [0.2, 0.25) is 0 Å². The van der Waals surface area contributed by atoms with Gasteiger partial charge in [-0.2, -0.15) is 11.8 Å². The molecule has 0 aliphatic carbocycles. The van der Waals surface area contributed by atoms with Crippen LogP contribution in [0.4, 0.5) is 0 Å². The Balaban J connectivity index is 2.32. The minimum Gasteiger partial charge on any atom is -0.305 e. The number of nitrogens with one attached hydrogen (secondary N) is 1.